The number of nitrogens with two attached hydrogens (primary N) is 1. The number of phosphoric ester groups is 3. The monoisotopic (exact) mass is 1110 g/mol. The van der Waals surface area contributed by atoms with E-state index in [0.29, 0.717) is 12.2 Å². The minimum absolute atomic E-state index is 0.0321. The van der Waals surface area contributed by atoms with Crippen LogP contribution in [0, 0.1) is 19.3 Å². The molecule has 10 N–H and O–H groups in total. The molecule has 0 saturated carbocycles. The minimum Gasteiger partial charge on any atom is -0.466 e. The Hall–Kier alpha value is -3.16. The van der Waals surface area contributed by atoms with Crippen molar-refractivity contribution < 1.29 is 84.9 Å². The molecule has 1 aliphatic heterocycles. The third kappa shape index (κ3) is 20.7. The highest BCUT2D eigenvalue weighted by atomic mass is 32.2. The van der Waals surface area contributed by atoms with Crippen LogP contribution in [0.3, 0.4) is 0 Å². The van der Waals surface area contributed by atoms with Gasteiger partial charge in [0.2, 0.25) is 11.8 Å². The zero-order valence-corrected chi connectivity index (χ0v) is 45.6. The van der Waals surface area contributed by atoms with Crippen LogP contribution in [0.15, 0.2) is 17.1 Å². The molecule has 1 aliphatic rings. The van der Waals surface area contributed by atoms with Crippen LogP contribution in [0.1, 0.15) is 140 Å². The average Bonchev–Trinajstić information content (AvgIpc) is 3.96. The van der Waals surface area contributed by atoms with Gasteiger partial charge < -0.3 is 55.3 Å². The fourth-order valence-corrected chi connectivity index (χ4v) is 11.4. The number of imidazole rings is 1. The van der Waals surface area contributed by atoms with E-state index in [-0.39, 0.29) is 41.6 Å². The molecule has 3 aromatic heterocycles. The van der Waals surface area contributed by atoms with Crippen LogP contribution in [0.2, 0.25) is 0 Å². The zero-order chi connectivity index (χ0) is 54.0. The maximum atomic E-state index is 12.8. The number of fused-ring (bicyclic) bond motifs is 1. The summed E-state index contributed by atoms with van der Waals surface area (Å²) in [6.45, 7) is 7.11. The first-order valence-corrected chi connectivity index (χ1v) is 30.0. The predicted octanol–water partition coefficient (Wildman–Crippen LogP) is 5.75. The van der Waals surface area contributed by atoms with Gasteiger partial charge in [0, 0.05) is 49.9 Å². The Balaban J connectivity index is 1.04. The van der Waals surface area contributed by atoms with Crippen molar-refractivity contribution in [1.29, 1.82) is 0 Å². The first-order chi connectivity index (χ1) is 34.3. The number of aliphatic hydroxyl groups excluding tert-OH is 2. The summed E-state index contributed by atoms with van der Waals surface area (Å²) >= 11 is 1.15. The molecule has 4 rings (SSSR count). The molecule has 0 radical (unpaired) electrons. The topological polar surface area (TPSA) is 377 Å². The standard InChI is InChI=1S/C44H74N7O18P3S/c1-6-7-15-18-31-29(2)30(3)32(66-31)19-16-13-11-9-8-10-12-14-17-20-35(53)73-24-23-46-34(52)21-22-47-42(56)39(55)44(4,5)26-65-72(62,63)69-71(60,61)64-25-33-38(68-70(57,58)59)37(54)43(67-33)51-28-50-36-40(45)48-27-49-41(36)51/h27-28,33,37-39,43,54-55H,6-26H2,1-5H3,(H,46,52)(H,47,56)(H,60,61)(H,62,63)(H2,45,48,49)(H2,57,58,59). The summed E-state index contributed by atoms with van der Waals surface area (Å²) in [6.07, 6.45) is 9.19. The highest BCUT2D eigenvalue weighted by Gasteiger charge is 2.50. The number of nitrogens with zero attached hydrogens (tertiary/aromatic N) is 4. The molecule has 0 aliphatic carbocycles. The molecule has 3 aromatic rings. The summed E-state index contributed by atoms with van der Waals surface area (Å²) in [4.78, 5) is 88.6. The molecule has 7 atom stereocenters. The number of aryl methyl sites for hydroxylation is 2. The van der Waals surface area contributed by atoms with Crippen LogP contribution in [0.5, 0.6) is 0 Å². The third-order valence-electron chi connectivity index (χ3n) is 12.2. The van der Waals surface area contributed by atoms with E-state index in [1.807, 2.05) is 0 Å². The molecule has 0 spiro atoms. The molecule has 29 heteroatoms. The summed E-state index contributed by atoms with van der Waals surface area (Å²) in [7, 11) is -16.4. The van der Waals surface area contributed by atoms with Crippen molar-refractivity contribution in [3.05, 3.63) is 35.3 Å². The second-order valence-corrected chi connectivity index (χ2v) is 24.0. The number of carbonyl (C=O) groups excluding carboxylic acids is 3. The Kier molecular flexibility index (Phi) is 25.1. The van der Waals surface area contributed by atoms with Crippen LogP contribution in [0.4, 0.5) is 5.82 Å². The van der Waals surface area contributed by atoms with Crippen LogP contribution in [-0.2, 0) is 63.5 Å². The molecule has 2 amide bonds. The highest BCUT2D eigenvalue weighted by Crippen LogP contribution is 2.61. The van der Waals surface area contributed by atoms with Crippen LogP contribution >= 0.6 is 35.2 Å². The number of amides is 2. The van der Waals surface area contributed by atoms with Crippen molar-refractivity contribution in [2.75, 3.05) is 37.8 Å². The van der Waals surface area contributed by atoms with Gasteiger partial charge in [0.05, 0.1) is 19.5 Å². The van der Waals surface area contributed by atoms with Gasteiger partial charge in [-0.25, -0.2) is 28.6 Å². The van der Waals surface area contributed by atoms with E-state index in [1.165, 1.54) is 69.9 Å². The number of furan rings is 1. The summed E-state index contributed by atoms with van der Waals surface area (Å²) in [5.41, 5.74) is 6.92. The van der Waals surface area contributed by atoms with Crippen molar-refractivity contribution in [3.8, 4) is 0 Å². The van der Waals surface area contributed by atoms with Crippen LogP contribution < -0.4 is 16.4 Å². The van der Waals surface area contributed by atoms with Crippen molar-refractivity contribution in [3.63, 3.8) is 0 Å². The molecule has 4 heterocycles. The lowest BCUT2D eigenvalue weighted by molar-refractivity contribution is -0.137. The number of thioether (sulfide) groups is 1. The Morgan fingerprint density at radius 1 is 0.849 bits per heavy atom. The minimum atomic E-state index is -5.58. The van der Waals surface area contributed by atoms with Crippen molar-refractivity contribution in [2.45, 2.75) is 168 Å². The zero-order valence-electron chi connectivity index (χ0n) is 42.1. The molecule has 1 saturated heterocycles. The van der Waals surface area contributed by atoms with Crippen molar-refractivity contribution in [1.82, 2.24) is 30.2 Å². The second kappa shape index (κ2) is 29.4. The number of hydrogen-bond acceptors (Lipinski definition) is 19. The van der Waals surface area contributed by atoms with E-state index in [1.54, 1.807) is 0 Å². The molecule has 1 fully saturated rings. The number of hydrogen-bond donors (Lipinski definition) is 9. The smallest absolute Gasteiger partial charge is 0.466 e. The number of rotatable bonds is 35. The number of anilines is 1. The Labute approximate surface area is 429 Å². The number of aromatic nitrogens is 4. The lowest BCUT2D eigenvalue weighted by atomic mass is 9.87. The van der Waals surface area contributed by atoms with E-state index in [0.717, 1.165) is 85.4 Å². The molecular weight excluding hydrogens is 1040 g/mol. The van der Waals surface area contributed by atoms with E-state index >= 15 is 0 Å². The predicted molar refractivity (Wildman–Crippen MR) is 268 cm³/mol. The molecule has 0 bridgehead atoms. The van der Waals surface area contributed by atoms with E-state index in [2.05, 4.69) is 55.2 Å². The van der Waals surface area contributed by atoms with Gasteiger partial charge in [-0.15, -0.1) is 0 Å². The van der Waals surface area contributed by atoms with Gasteiger partial charge in [0.25, 0.3) is 0 Å². The maximum absolute atomic E-state index is 12.8. The number of ether oxygens (including phenoxy) is 1. The van der Waals surface area contributed by atoms with Gasteiger partial charge in [0.1, 0.15) is 47.8 Å². The third-order valence-corrected chi connectivity index (χ3v) is 16.2. The average molecular weight is 1110 g/mol. The first-order valence-electron chi connectivity index (χ1n) is 24.5. The summed E-state index contributed by atoms with van der Waals surface area (Å²) in [6, 6.07) is 0. The number of carbonyl (C=O) groups is 3. The number of nitrogens with one attached hydrogen (secondary N) is 2. The summed E-state index contributed by atoms with van der Waals surface area (Å²) in [5.74, 6) is 1.27. The van der Waals surface area contributed by atoms with Gasteiger partial charge in [-0.1, -0.05) is 90.3 Å². The fourth-order valence-electron chi connectivity index (χ4n) is 7.89. The normalized spacial score (nSPS) is 19.4. The van der Waals surface area contributed by atoms with E-state index in [9.17, 15) is 57.9 Å². The molecule has 7 unspecified atom stereocenters. The SMILES string of the molecule is CCCCCc1oc(CCCCCCCCCCCC(=O)SCCNC(=O)CCNC(=O)C(O)C(C)(C)COP(=O)(O)OP(=O)(O)OCC2OC(n3cnc4c(N)ncnc43)C(O)C2OP(=O)(O)O)c(C)c1C. The molecule has 73 heavy (non-hydrogen) atoms. The van der Waals surface area contributed by atoms with E-state index in [4.69, 9.17) is 23.9 Å². The maximum Gasteiger partial charge on any atom is 0.481 e. The molecular formula is C44H74N7O18P3S. The Morgan fingerprint density at radius 2 is 1.45 bits per heavy atom. The number of phosphoric acid groups is 3. The summed E-state index contributed by atoms with van der Waals surface area (Å²) in [5, 5.41) is 26.7. The van der Waals surface area contributed by atoms with Gasteiger partial charge in [0.15, 0.2) is 22.8 Å². The quantitative estimate of drug-likeness (QED) is 0.0250. The van der Waals surface area contributed by atoms with Crippen LogP contribution in [0.25, 0.3) is 11.2 Å². The molecule has 0 aromatic carbocycles. The van der Waals surface area contributed by atoms with E-state index < -0.39 is 84.6 Å². The molecule has 25 nitrogen and oxygen atoms in total. The lowest BCUT2D eigenvalue weighted by Gasteiger charge is -2.30. The Bertz CT molecular complexity index is 2400. The number of nitrogen functional groups attached to an aromatic ring is 1. The summed E-state index contributed by atoms with van der Waals surface area (Å²) < 4.78 is 68.7. The van der Waals surface area contributed by atoms with Crippen LogP contribution in [-0.4, -0.2) is 123 Å². The fraction of sp³-hybridized carbons (Fsp3) is 0.727. The van der Waals surface area contributed by atoms with Gasteiger partial charge >= 0.3 is 23.5 Å². The molecule has 414 valence electrons. The largest absolute Gasteiger partial charge is 0.481 e. The lowest BCUT2D eigenvalue weighted by Crippen LogP contribution is -2.46. The highest BCUT2D eigenvalue weighted by molar-refractivity contribution is 8.13. The number of aliphatic hydroxyl groups is 2. The first kappa shape index (κ1) is 62.4. The second-order valence-electron chi connectivity index (χ2n) is 18.6. The van der Waals surface area contributed by atoms with Crippen molar-refractivity contribution >= 4 is 69.1 Å². The number of unbranched alkanes of at least 4 members (excludes halogenated alkanes) is 10. The Morgan fingerprint density at radius 3 is 2.08 bits per heavy atom. The van der Waals surface area contributed by atoms with Gasteiger partial charge in [-0.2, -0.15) is 4.31 Å². The van der Waals surface area contributed by atoms with Gasteiger partial charge in [-0.05, 0) is 44.2 Å². The van der Waals surface area contributed by atoms with Crippen molar-refractivity contribution in [2.24, 2.45) is 5.41 Å². The van der Waals surface area contributed by atoms with Gasteiger partial charge in [-0.3, -0.25) is 32.5 Å².